The van der Waals surface area contributed by atoms with Crippen LogP contribution in [0.15, 0.2) is 30.5 Å². The van der Waals surface area contributed by atoms with Crippen LogP contribution in [0.2, 0.25) is 0 Å². The van der Waals surface area contributed by atoms with Crippen LogP contribution in [0.1, 0.15) is 0 Å². The van der Waals surface area contributed by atoms with Gasteiger partial charge in [-0.3, -0.25) is 10.1 Å². The number of pyridine rings is 1. The first-order valence-corrected chi connectivity index (χ1v) is 4.48. The molecule has 7 heteroatoms. The van der Waals surface area contributed by atoms with Crippen molar-refractivity contribution >= 4 is 5.69 Å². The smallest absolute Gasteiger partial charge is 0.322 e. The van der Waals surface area contributed by atoms with E-state index in [1.54, 1.807) is 0 Å². The summed E-state index contributed by atoms with van der Waals surface area (Å²) in [6.45, 7) is 0.874. The van der Waals surface area contributed by atoms with Crippen LogP contribution in [-0.2, 0) is 9.47 Å². The molecule has 0 aromatic carbocycles. The average molecular weight is 224 g/mol. The zero-order chi connectivity index (χ0) is 11.4. The van der Waals surface area contributed by atoms with Gasteiger partial charge in [0.05, 0.1) is 4.92 Å². The topological polar surface area (TPSA) is 83.7 Å². The third-order valence-electron chi connectivity index (χ3n) is 1.76. The summed E-state index contributed by atoms with van der Waals surface area (Å²) in [6, 6.07) is 2.68. The summed E-state index contributed by atoms with van der Waals surface area (Å²) in [5.41, 5.74) is -0.0952. The van der Waals surface area contributed by atoms with E-state index in [1.807, 2.05) is 0 Å². The van der Waals surface area contributed by atoms with Gasteiger partial charge in [-0.15, -0.1) is 0 Å². The highest BCUT2D eigenvalue weighted by Gasteiger charge is 2.10. The molecule has 0 radical (unpaired) electrons. The monoisotopic (exact) mass is 224 g/mol. The predicted octanol–water partition coefficient (Wildman–Crippen LogP) is 1.21. The first-order valence-electron chi connectivity index (χ1n) is 4.48. The zero-order valence-corrected chi connectivity index (χ0v) is 8.16. The first kappa shape index (κ1) is 10.2. The summed E-state index contributed by atoms with van der Waals surface area (Å²) in [5.74, 6) is 0.398. The van der Waals surface area contributed by atoms with Crippen molar-refractivity contribution in [2.75, 3.05) is 13.2 Å². The Morgan fingerprint density at radius 1 is 1.44 bits per heavy atom. The Labute approximate surface area is 90.4 Å². The number of hydrogen-bond acceptors (Lipinski definition) is 6. The van der Waals surface area contributed by atoms with Gasteiger partial charge >= 0.3 is 5.95 Å². The molecule has 0 unspecified atom stereocenters. The van der Waals surface area contributed by atoms with E-state index >= 15 is 0 Å². The lowest BCUT2D eigenvalue weighted by Gasteiger charge is -2.14. The SMILES string of the molecule is O=[N+]([O-])c1ccc(OC2=COCCO2)nc1. The largest absolute Gasteiger partial charge is 0.490 e. The van der Waals surface area contributed by atoms with Gasteiger partial charge in [0.15, 0.2) is 6.26 Å². The molecule has 84 valence electrons. The van der Waals surface area contributed by atoms with E-state index in [-0.39, 0.29) is 17.5 Å². The second-order valence-electron chi connectivity index (χ2n) is 2.87. The van der Waals surface area contributed by atoms with Crippen molar-refractivity contribution in [2.24, 2.45) is 0 Å². The molecule has 16 heavy (non-hydrogen) atoms. The van der Waals surface area contributed by atoms with Crippen LogP contribution in [0.5, 0.6) is 5.88 Å². The maximum absolute atomic E-state index is 10.4. The van der Waals surface area contributed by atoms with E-state index in [2.05, 4.69) is 4.98 Å². The van der Waals surface area contributed by atoms with Crippen LogP contribution < -0.4 is 4.74 Å². The van der Waals surface area contributed by atoms with Crippen molar-refractivity contribution in [3.8, 4) is 5.88 Å². The van der Waals surface area contributed by atoms with Crippen molar-refractivity contribution in [3.05, 3.63) is 40.7 Å². The quantitative estimate of drug-likeness (QED) is 0.566. The lowest BCUT2D eigenvalue weighted by molar-refractivity contribution is -0.385. The van der Waals surface area contributed by atoms with E-state index in [1.165, 1.54) is 18.4 Å². The second-order valence-corrected chi connectivity index (χ2v) is 2.87. The van der Waals surface area contributed by atoms with Crippen LogP contribution in [0, 0.1) is 10.1 Å². The van der Waals surface area contributed by atoms with E-state index in [0.717, 1.165) is 6.20 Å². The van der Waals surface area contributed by atoms with Crippen LogP contribution in [0.4, 0.5) is 5.69 Å². The van der Waals surface area contributed by atoms with Crippen LogP contribution in [-0.4, -0.2) is 23.1 Å². The maximum Gasteiger partial charge on any atom is 0.322 e. The molecule has 2 rings (SSSR count). The summed E-state index contributed by atoms with van der Waals surface area (Å²) < 4.78 is 15.2. The molecular formula is C9H8N2O5. The molecule has 0 spiro atoms. The third-order valence-corrected chi connectivity index (χ3v) is 1.76. The Bertz CT molecular complexity index is 414. The summed E-state index contributed by atoms with van der Waals surface area (Å²) >= 11 is 0. The molecule has 2 heterocycles. The van der Waals surface area contributed by atoms with Gasteiger partial charge in [-0.1, -0.05) is 0 Å². The summed E-state index contributed by atoms with van der Waals surface area (Å²) in [7, 11) is 0. The van der Waals surface area contributed by atoms with Crippen molar-refractivity contribution in [1.82, 2.24) is 4.98 Å². The predicted molar refractivity (Wildman–Crippen MR) is 51.5 cm³/mol. The molecule has 1 aromatic heterocycles. The molecule has 0 aliphatic carbocycles. The molecule has 0 fully saturated rings. The molecule has 0 bridgehead atoms. The molecule has 0 amide bonds. The van der Waals surface area contributed by atoms with E-state index < -0.39 is 4.92 Å². The van der Waals surface area contributed by atoms with Crippen molar-refractivity contribution in [3.63, 3.8) is 0 Å². The molecule has 1 aliphatic heterocycles. The minimum absolute atomic E-state index is 0.0952. The molecule has 7 nitrogen and oxygen atoms in total. The number of aromatic nitrogens is 1. The van der Waals surface area contributed by atoms with Gasteiger partial charge in [0.2, 0.25) is 5.88 Å². The van der Waals surface area contributed by atoms with Gasteiger partial charge < -0.3 is 14.2 Å². The first-order chi connectivity index (χ1) is 7.75. The van der Waals surface area contributed by atoms with Crippen LogP contribution in [0.3, 0.4) is 0 Å². The number of rotatable bonds is 3. The number of nitrogens with zero attached hydrogens (tertiary/aromatic N) is 2. The van der Waals surface area contributed by atoms with Crippen molar-refractivity contribution in [1.29, 1.82) is 0 Å². The fraction of sp³-hybridized carbons (Fsp3) is 0.222. The molecular weight excluding hydrogens is 216 g/mol. The summed E-state index contributed by atoms with van der Waals surface area (Å²) in [6.07, 6.45) is 2.44. The van der Waals surface area contributed by atoms with Gasteiger partial charge in [-0.05, 0) is 0 Å². The van der Waals surface area contributed by atoms with Gasteiger partial charge in [0, 0.05) is 12.1 Å². The van der Waals surface area contributed by atoms with E-state index in [0.29, 0.717) is 13.2 Å². The standard InChI is InChI=1S/C9H8N2O5/c12-11(13)7-1-2-8(10-5-7)16-9-6-14-3-4-15-9/h1-2,5-6H,3-4H2. The maximum atomic E-state index is 10.4. The molecule has 0 N–H and O–H groups in total. The highest BCUT2D eigenvalue weighted by atomic mass is 16.7. The van der Waals surface area contributed by atoms with E-state index in [9.17, 15) is 10.1 Å². The molecule has 0 saturated carbocycles. The lowest BCUT2D eigenvalue weighted by Crippen LogP contribution is -2.12. The minimum atomic E-state index is -0.531. The molecule has 0 atom stereocenters. The van der Waals surface area contributed by atoms with Gasteiger partial charge in [-0.25, -0.2) is 4.98 Å². The normalized spacial score (nSPS) is 14.4. The second kappa shape index (κ2) is 4.47. The van der Waals surface area contributed by atoms with Crippen LogP contribution in [0.25, 0.3) is 0 Å². The third kappa shape index (κ3) is 2.38. The highest BCUT2D eigenvalue weighted by Crippen LogP contribution is 2.16. The minimum Gasteiger partial charge on any atom is -0.490 e. The van der Waals surface area contributed by atoms with Gasteiger partial charge in [0.1, 0.15) is 19.4 Å². The Morgan fingerprint density at radius 2 is 2.31 bits per heavy atom. The fourth-order valence-corrected chi connectivity index (χ4v) is 1.05. The molecule has 1 aliphatic rings. The Balaban J connectivity index is 2.04. The van der Waals surface area contributed by atoms with Gasteiger partial charge in [0.25, 0.3) is 5.69 Å². The zero-order valence-electron chi connectivity index (χ0n) is 8.16. The number of nitro groups is 1. The summed E-state index contributed by atoms with van der Waals surface area (Å²) in [5, 5.41) is 10.4. The van der Waals surface area contributed by atoms with Gasteiger partial charge in [-0.2, -0.15) is 0 Å². The highest BCUT2D eigenvalue weighted by molar-refractivity contribution is 5.29. The van der Waals surface area contributed by atoms with Crippen molar-refractivity contribution < 1.29 is 19.1 Å². The summed E-state index contributed by atoms with van der Waals surface area (Å²) in [4.78, 5) is 13.6. The lowest BCUT2D eigenvalue weighted by atomic mass is 10.4. The molecule has 1 aromatic rings. The Hall–Kier alpha value is -2.31. The molecule has 0 saturated heterocycles. The van der Waals surface area contributed by atoms with Crippen molar-refractivity contribution in [2.45, 2.75) is 0 Å². The van der Waals surface area contributed by atoms with E-state index in [4.69, 9.17) is 14.2 Å². The number of hydrogen-bond donors (Lipinski definition) is 0. The Kier molecular flexibility index (Phi) is 2.86. The fourth-order valence-electron chi connectivity index (χ4n) is 1.05. The Morgan fingerprint density at radius 3 is 2.88 bits per heavy atom. The van der Waals surface area contributed by atoms with Crippen LogP contribution >= 0.6 is 0 Å². The number of ether oxygens (including phenoxy) is 3. The average Bonchev–Trinajstić information content (AvgIpc) is 2.31.